The van der Waals surface area contributed by atoms with E-state index in [1.54, 1.807) is 25.1 Å². The number of para-hydroxylation sites is 1. The highest BCUT2D eigenvalue weighted by Gasteiger charge is 2.61. The zero-order chi connectivity index (χ0) is 22.3. The molecule has 0 radical (unpaired) electrons. The van der Waals surface area contributed by atoms with Crippen molar-refractivity contribution in [3.8, 4) is 5.75 Å². The van der Waals surface area contributed by atoms with Crippen LogP contribution >= 0.6 is 0 Å². The SMILES string of the molecule is CCOC(=O)c1ccc(N2C(=O)[C@@H]3[C@@H](C2=O)[C@H](C(=O)O)N[C@@H]3c2ccccc2O)cc1. The minimum Gasteiger partial charge on any atom is -0.508 e. The molecule has 2 fully saturated rings. The number of phenols is 1. The highest BCUT2D eigenvalue weighted by Crippen LogP contribution is 2.46. The monoisotopic (exact) mass is 424 g/mol. The third-order valence-electron chi connectivity index (χ3n) is 5.65. The van der Waals surface area contributed by atoms with Crippen molar-refractivity contribution in [2.45, 2.75) is 19.0 Å². The summed E-state index contributed by atoms with van der Waals surface area (Å²) in [6.07, 6.45) is 0. The summed E-state index contributed by atoms with van der Waals surface area (Å²) < 4.78 is 4.93. The summed E-state index contributed by atoms with van der Waals surface area (Å²) in [5.41, 5.74) is 0.849. The number of phenolic OH excluding ortho intramolecular Hbond substituents is 1. The van der Waals surface area contributed by atoms with Crippen LogP contribution in [0.5, 0.6) is 5.75 Å². The summed E-state index contributed by atoms with van der Waals surface area (Å²) in [5, 5.41) is 22.7. The molecule has 2 amide bonds. The number of aromatic hydroxyl groups is 1. The number of ether oxygens (including phenoxy) is 1. The second-order valence-electron chi connectivity index (χ2n) is 7.35. The average molecular weight is 424 g/mol. The molecule has 2 aromatic rings. The molecule has 160 valence electrons. The Kier molecular flexibility index (Phi) is 5.20. The fourth-order valence-corrected chi connectivity index (χ4v) is 4.29. The molecule has 2 aliphatic rings. The van der Waals surface area contributed by atoms with Gasteiger partial charge in [-0.3, -0.25) is 19.7 Å². The molecule has 4 atom stereocenters. The summed E-state index contributed by atoms with van der Waals surface area (Å²) in [4.78, 5) is 51.0. The summed E-state index contributed by atoms with van der Waals surface area (Å²) in [6.45, 7) is 1.89. The Morgan fingerprint density at radius 1 is 1.03 bits per heavy atom. The Bertz CT molecular complexity index is 1070. The number of carboxylic acids is 1. The minimum atomic E-state index is -1.28. The highest BCUT2D eigenvalue weighted by molar-refractivity contribution is 6.23. The van der Waals surface area contributed by atoms with Crippen LogP contribution in [0.15, 0.2) is 48.5 Å². The number of aliphatic carboxylic acids is 1. The topological polar surface area (TPSA) is 133 Å². The average Bonchev–Trinajstić information content (AvgIpc) is 3.26. The molecule has 2 aliphatic heterocycles. The standard InChI is InChI=1S/C22H20N2O7/c1-2-31-22(30)11-7-9-12(10-8-11)24-19(26)15-16(20(24)27)18(21(28)29)23-17(15)13-5-3-4-6-14(13)25/h3-10,15-18,23,25H,2H2,1H3,(H,28,29)/t15-,16-,17-,18-/m1/s1. The van der Waals surface area contributed by atoms with Crippen molar-refractivity contribution in [2.24, 2.45) is 11.8 Å². The molecular formula is C22H20N2O7. The maximum Gasteiger partial charge on any atom is 0.338 e. The number of esters is 1. The lowest BCUT2D eigenvalue weighted by Crippen LogP contribution is -2.43. The summed E-state index contributed by atoms with van der Waals surface area (Å²) in [7, 11) is 0. The maximum atomic E-state index is 13.3. The number of nitrogens with one attached hydrogen (secondary N) is 1. The second kappa shape index (κ2) is 7.84. The van der Waals surface area contributed by atoms with Crippen LogP contribution in [-0.2, 0) is 19.1 Å². The predicted molar refractivity (Wildman–Crippen MR) is 107 cm³/mol. The molecule has 3 N–H and O–H groups in total. The van der Waals surface area contributed by atoms with Crippen LogP contribution in [0, 0.1) is 11.8 Å². The fraction of sp³-hybridized carbons (Fsp3) is 0.273. The van der Waals surface area contributed by atoms with Crippen molar-refractivity contribution in [2.75, 3.05) is 11.5 Å². The van der Waals surface area contributed by atoms with Crippen molar-refractivity contribution in [1.82, 2.24) is 5.32 Å². The molecule has 31 heavy (non-hydrogen) atoms. The van der Waals surface area contributed by atoms with Crippen LogP contribution < -0.4 is 10.2 Å². The van der Waals surface area contributed by atoms with Crippen molar-refractivity contribution in [3.05, 3.63) is 59.7 Å². The van der Waals surface area contributed by atoms with Crippen LogP contribution in [-0.4, -0.2) is 46.6 Å². The number of carbonyl (C=O) groups excluding carboxylic acids is 3. The fourth-order valence-electron chi connectivity index (χ4n) is 4.29. The molecule has 2 heterocycles. The molecule has 2 saturated heterocycles. The number of hydrogen-bond acceptors (Lipinski definition) is 7. The van der Waals surface area contributed by atoms with Gasteiger partial charge in [-0.05, 0) is 37.3 Å². The van der Waals surface area contributed by atoms with Gasteiger partial charge in [-0.1, -0.05) is 18.2 Å². The molecule has 9 heteroatoms. The van der Waals surface area contributed by atoms with Gasteiger partial charge in [0.1, 0.15) is 11.8 Å². The first kappa shape index (κ1) is 20.5. The Labute approximate surface area is 177 Å². The van der Waals surface area contributed by atoms with Gasteiger partial charge < -0.3 is 14.9 Å². The van der Waals surface area contributed by atoms with Crippen molar-refractivity contribution in [1.29, 1.82) is 0 Å². The number of imide groups is 1. The highest BCUT2D eigenvalue weighted by atomic mass is 16.5. The minimum absolute atomic E-state index is 0.0951. The number of fused-ring (bicyclic) bond motifs is 1. The van der Waals surface area contributed by atoms with Crippen LogP contribution in [0.3, 0.4) is 0 Å². The number of nitrogens with zero attached hydrogens (tertiary/aromatic N) is 1. The Balaban J connectivity index is 1.70. The van der Waals surface area contributed by atoms with E-state index in [-0.39, 0.29) is 23.6 Å². The van der Waals surface area contributed by atoms with Gasteiger partial charge in [0, 0.05) is 11.6 Å². The van der Waals surface area contributed by atoms with Gasteiger partial charge in [0.2, 0.25) is 11.8 Å². The number of amides is 2. The summed E-state index contributed by atoms with van der Waals surface area (Å²) in [5.74, 6) is -5.21. The Hall–Kier alpha value is -3.72. The molecule has 4 rings (SSSR count). The van der Waals surface area contributed by atoms with E-state index in [9.17, 15) is 29.4 Å². The molecule has 0 unspecified atom stereocenters. The van der Waals surface area contributed by atoms with Gasteiger partial charge in [-0.15, -0.1) is 0 Å². The van der Waals surface area contributed by atoms with E-state index in [1.165, 1.54) is 30.3 Å². The van der Waals surface area contributed by atoms with Gasteiger partial charge in [0.25, 0.3) is 0 Å². The molecule has 0 spiro atoms. The third kappa shape index (κ3) is 3.32. The van der Waals surface area contributed by atoms with Crippen molar-refractivity contribution >= 4 is 29.4 Å². The second-order valence-corrected chi connectivity index (χ2v) is 7.35. The van der Waals surface area contributed by atoms with Crippen LogP contribution in [0.1, 0.15) is 28.9 Å². The number of rotatable bonds is 5. The van der Waals surface area contributed by atoms with E-state index in [0.29, 0.717) is 5.56 Å². The largest absolute Gasteiger partial charge is 0.508 e. The van der Waals surface area contributed by atoms with Gasteiger partial charge in [0.15, 0.2) is 0 Å². The number of hydrogen-bond donors (Lipinski definition) is 3. The van der Waals surface area contributed by atoms with Gasteiger partial charge in [0.05, 0.1) is 29.7 Å². The smallest absolute Gasteiger partial charge is 0.338 e. The van der Waals surface area contributed by atoms with Crippen molar-refractivity contribution < 1.29 is 34.1 Å². The van der Waals surface area contributed by atoms with Gasteiger partial charge in [-0.2, -0.15) is 0 Å². The summed E-state index contributed by atoms with van der Waals surface area (Å²) in [6, 6.07) is 9.94. The van der Waals surface area contributed by atoms with Gasteiger partial charge >= 0.3 is 11.9 Å². The third-order valence-corrected chi connectivity index (χ3v) is 5.65. The maximum absolute atomic E-state index is 13.3. The number of carbonyl (C=O) groups is 4. The number of benzene rings is 2. The van der Waals surface area contributed by atoms with Crippen LogP contribution in [0.25, 0.3) is 0 Å². The molecule has 0 aromatic heterocycles. The lowest BCUT2D eigenvalue weighted by Gasteiger charge is -2.22. The molecule has 2 aromatic carbocycles. The Morgan fingerprint density at radius 2 is 1.68 bits per heavy atom. The molecular weight excluding hydrogens is 404 g/mol. The van der Waals surface area contributed by atoms with Crippen LogP contribution in [0.4, 0.5) is 5.69 Å². The lowest BCUT2D eigenvalue weighted by atomic mass is 9.86. The van der Waals surface area contributed by atoms with E-state index in [4.69, 9.17) is 4.74 Å². The van der Waals surface area contributed by atoms with Crippen LogP contribution in [0.2, 0.25) is 0 Å². The first-order valence-corrected chi connectivity index (χ1v) is 9.77. The molecule has 0 saturated carbocycles. The zero-order valence-electron chi connectivity index (χ0n) is 16.5. The molecule has 0 bridgehead atoms. The first-order valence-electron chi connectivity index (χ1n) is 9.77. The van der Waals surface area contributed by atoms with Crippen molar-refractivity contribution in [3.63, 3.8) is 0 Å². The normalized spacial score (nSPS) is 24.9. The number of carboxylic acid groups (broad SMARTS) is 1. The van der Waals surface area contributed by atoms with E-state index in [0.717, 1.165) is 4.90 Å². The predicted octanol–water partition coefficient (Wildman–Crippen LogP) is 1.47. The zero-order valence-corrected chi connectivity index (χ0v) is 16.5. The van der Waals surface area contributed by atoms with E-state index in [1.807, 2.05) is 0 Å². The Morgan fingerprint density at radius 3 is 2.29 bits per heavy atom. The van der Waals surface area contributed by atoms with E-state index in [2.05, 4.69) is 5.32 Å². The quantitative estimate of drug-likeness (QED) is 0.485. The summed E-state index contributed by atoms with van der Waals surface area (Å²) >= 11 is 0. The molecule has 9 nitrogen and oxygen atoms in total. The van der Waals surface area contributed by atoms with Gasteiger partial charge in [-0.25, -0.2) is 9.69 Å². The van der Waals surface area contributed by atoms with E-state index >= 15 is 0 Å². The lowest BCUT2D eigenvalue weighted by molar-refractivity contribution is -0.142. The van der Waals surface area contributed by atoms with E-state index < -0.39 is 47.7 Å². The molecule has 0 aliphatic carbocycles. The number of anilines is 1. The first-order chi connectivity index (χ1) is 14.8.